The van der Waals surface area contributed by atoms with Crippen LogP contribution in [0.4, 0.5) is 0 Å². The molecule has 23 heavy (non-hydrogen) atoms. The average molecular weight is 377 g/mol. The Morgan fingerprint density at radius 2 is 0.957 bits per heavy atom. The standard InChI is InChI=1S/C17H32O4.2K/c1-3-5-7-9-11-13-17(15(18)19,16(20)21)14-12-10-8-6-4-2;;/h3-14H2,1-2H3,(H,18,19)(H,20,21);;/q;2*+1/p-2. The summed E-state index contributed by atoms with van der Waals surface area (Å²) >= 11 is 0. The first-order valence-electron chi connectivity index (χ1n) is 8.44. The van der Waals surface area contributed by atoms with E-state index in [1.807, 2.05) is 0 Å². The number of carbonyl (C=O) groups excluding carboxylic acids is 2. The average Bonchev–Trinajstić information content (AvgIpc) is 2.44. The molecule has 0 heterocycles. The van der Waals surface area contributed by atoms with Crippen molar-refractivity contribution >= 4 is 11.9 Å². The second-order valence-corrected chi connectivity index (χ2v) is 5.99. The van der Waals surface area contributed by atoms with E-state index in [4.69, 9.17) is 0 Å². The Bertz CT molecular complexity index is 279. The van der Waals surface area contributed by atoms with Gasteiger partial charge >= 0.3 is 103 Å². The third-order valence-electron chi connectivity index (χ3n) is 4.20. The van der Waals surface area contributed by atoms with Crippen molar-refractivity contribution in [2.75, 3.05) is 0 Å². The summed E-state index contributed by atoms with van der Waals surface area (Å²) < 4.78 is 0. The fourth-order valence-electron chi connectivity index (χ4n) is 2.68. The molecule has 0 aliphatic carbocycles. The summed E-state index contributed by atoms with van der Waals surface area (Å²) in [5.74, 6) is -2.96. The Hall–Kier alpha value is 2.21. The number of unbranched alkanes of at least 4 members (excludes halogenated alkanes) is 8. The Kier molecular flexibility index (Phi) is 24.7. The summed E-state index contributed by atoms with van der Waals surface area (Å²) in [5, 5.41) is 22.7. The fourth-order valence-corrected chi connectivity index (χ4v) is 2.68. The summed E-state index contributed by atoms with van der Waals surface area (Å²) in [6, 6.07) is 0. The van der Waals surface area contributed by atoms with Crippen LogP contribution in [0.15, 0.2) is 0 Å². The SMILES string of the molecule is CCCCCCCC(CCCCCCC)(C(=O)[O-])C(=O)[O-].[K+].[K+]. The minimum absolute atomic E-state index is 0. The number of hydrogen-bond donors (Lipinski definition) is 0. The van der Waals surface area contributed by atoms with Gasteiger partial charge in [-0.3, -0.25) is 0 Å². The maximum atomic E-state index is 11.4. The number of carboxylic acid groups (broad SMARTS) is 2. The molecule has 0 atom stereocenters. The monoisotopic (exact) mass is 376 g/mol. The van der Waals surface area contributed by atoms with Crippen molar-refractivity contribution in [3.8, 4) is 0 Å². The van der Waals surface area contributed by atoms with Gasteiger partial charge in [0.15, 0.2) is 0 Å². The molecule has 0 N–H and O–H groups in total. The summed E-state index contributed by atoms with van der Waals surface area (Å²) in [4.78, 5) is 22.7. The summed E-state index contributed by atoms with van der Waals surface area (Å²) in [5.41, 5.74) is -1.79. The number of carboxylic acids is 2. The molecular formula is C17H30K2O4. The van der Waals surface area contributed by atoms with Gasteiger partial charge in [-0.2, -0.15) is 0 Å². The zero-order valence-electron chi connectivity index (χ0n) is 15.6. The molecule has 0 aromatic carbocycles. The molecule has 0 bridgehead atoms. The maximum absolute atomic E-state index is 11.4. The van der Waals surface area contributed by atoms with Crippen molar-refractivity contribution in [2.45, 2.75) is 90.9 Å². The van der Waals surface area contributed by atoms with Gasteiger partial charge in [0.05, 0.1) is 11.9 Å². The maximum Gasteiger partial charge on any atom is 1.00 e. The van der Waals surface area contributed by atoms with Gasteiger partial charge in [-0.15, -0.1) is 0 Å². The smallest absolute Gasteiger partial charge is 0.549 e. The molecule has 0 aliphatic heterocycles. The van der Waals surface area contributed by atoms with Crippen LogP contribution in [-0.2, 0) is 9.59 Å². The second-order valence-electron chi connectivity index (χ2n) is 5.99. The number of hydrogen-bond acceptors (Lipinski definition) is 4. The minimum Gasteiger partial charge on any atom is -0.549 e. The van der Waals surface area contributed by atoms with Gasteiger partial charge in [0.25, 0.3) is 0 Å². The van der Waals surface area contributed by atoms with Gasteiger partial charge < -0.3 is 19.8 Å². The fraction of sp³-hybridized carbons (Fsp3) is 0.882. The molecule has 0 rings (SSSR count). The molecule has 0 saturated heterocycles. The van der Waals surface area contributed by atoms with E-state index >= 15 is 0 Å². The predicted octanol–water partition coefficient (Wildman–Crippen LogP) is -3.80. The van der Waals surface area contributed by atoms with Crippen LogP contribution in [0.1, 0.15) is 90.9 Å². The first-order valence-corrected chi connectivity index (χ1v) is 8.44. The molecule has 0 aliphatic rings. The van der Waals surface area contributed by atoms with Gasteiger partial charge in [-0.05, 0) is 12.8 Å². The molecular weight excluding hydrogens is 346 g/mol. The molecule has 0 radical (unpaired) electrons. The van der Waals surface area contributed by atoms with Crippen LogP contribution < -0.4 is 113 Å². The van der Waals surface area contributed by atoms with E-state index in [-0.39, 0.29) is 116 Å². The Morgan fingerprint density at radius 3 is 1.22 bits per heavy atom. The van der Waals surface area contributed by atoms with Crippen molar-refractivity contribution in [1.29, 1.82) is 0 Å². The molecule has 0 aromatic rings. The first kappa shape index (κ1) is 30.0. The van der Waals surface area contributed by atoms with Crippen molar-refractivity contribution in [3.63, 3.8) is 0 Å². The van der Waals surface area contributed by atoms with Gasteiger partial charge in [0.1, 0.15) is 0 Å². The van der Waals surface area contributed by atoms with Crippen molar-refractivity contribution in [2.24, 2.45) is 5.41 Å². The van der Waals surface area contributed by atoms with E-state index < -0.39 is 17.4 Å². The predicted molar refractivity (Wildman–Crippen MR) is 79.2 cm³/mol. The topological polar surface area (TPSA) is 80.3 Å². The minimum atomic E-state index is -1.79. The molecule has 124 valence electrons. The van der Waals surface area contributed by atoms with Crippen LogP contribution in [0.5, 0.6) is 0 Å². The van der Waals surface area contributed by atoms with Crippen LogP contribution in [0, 0.1) is 5.41 Å². The molecule has 0 saturated carbocycles. The van der Waals surface area contributed by atoms with E-state index in [1.165, 1.54) is 0 Å². The van der Waals surface area contributed by atoms with Gasteiger partial charge in [0.2, 0.25) is 0 Å². The third kappa shape index (κ3) is 13.1. The van der Waals surface area contributed by atoms with Crippen LogP contribution >= 0.6 is 0 Å². The van der Waals surface area contributed by atoms with E-state index in [0.717, 1.165) is 51.4 Å². The van der Waals surface area contributed by atoms with Crippen molar-refractivity contribution in [3.05, 3.63) is 0 Å². The number of aliphatic carboxylic acids is 2. The molecule has 0 unspecified atom stereocenters. The second kappa shape index (κ2) is 19.0. The molecule has 0 amide bonds. The Balaban J connectivity index is -0.00000200. The Labute approximate surface area is 226 Å². The van der Waals surface area contributed by atoms with Crippen LogP contribution in [0.2, 0.25) is 0 Å². The van der Waals surface area contributed by atoms with Crippen LogP contribution in [0.3, 0.4) is 0 Å². The van der Waals surface area contributed by atoms with E-state index in [1.54, 1.807) is 0 Å². The normalized spacial score (nSPS) is 10.5. The van der Waals surface area contributed by atoms with Gasteiger partial charge in [0, 0.05) is 5.41 Å². The van der Waals surface area contributed by atoms with E-state index in [2.05, 4.69) is 13.8 Å². The van der Waals surface area contributed by atoms with Gasteiger partial charge in [-0.25, -0.2) is 0 Å². The quantitative estimate of drug-likeness (QED) is 0.177. The largest absolute Gasteiger partial charge is 1.00 e. The van der Waals surface area contributed by atoms with Crippen LogP contribution in [-0.4, -0.2) is 11.9 Å². The zero-order valence-corrected chi connectivity index (χ0v) is 21.9. The first-order chi connectivity index (χ1) is 10.0. The molecule has 0 fully saturated rings. The number of rotatable bonds is 14. The molecule has 4 nitrogen and oxygen atoms in total. The Morgan fingerprint density at radius 1 is 0.652 bits per heavy atom. The van der Waals surface area contributed by atoms with Crippen molar-refractivity contribution < 1.29 is 123 Å². The summed E-state index contributed by atoms with van der Waals surface area (Å²) in [6.07, 6.45) is 9.65. The summed E-state index contributed by atoms with van der Waals surface area (Å²) in [7, 11) is 0. The molecule has 0 spiro atoms. The van der Waals surface area contributed by atoms with E-state index in [0.29, 0.717) is 12.8 Å². The van der Waals surface area contributed by atoms with Crippen LogP contribution in [0.25, 0.3) is 0 Å². The van der Waals surface area contributed by atoms with Crippen molar-refractivity contribution in [1.82, 2.24) is 0 Å². The molecule has 0 aromatic heterocycles. The third-order valence-corrected chi connectivity index (χ3v) is 4.20. The molecule has 6 heteroatoms. The van der Waals surface area contributed by atoms with E-state index in [9.17, 15) is 19.8 Å². The zero-order chi connectivity index (χ0) is 16.1. The van der Waals surface area contributed by atoms with Gasteiger partial charge in [-0.1, -0.05) is 78.1 Å². The summed E-state index contributed by atoms with van der Waals surface area (Å²) in [6.45, 7) is 4.20. The number of carbonyl (C=O) groups is 2.